The maximum atomic E-state index is 11.3. The topological polar surface area (TPSA) is 72.2 Å². The van der Waals surface area contributed by atoms with Crippen LogP contribution in [0.3, 0.4) is 0 Å². The molecule has 0 bridgehead atoms. The maximum Gasteiger partial charge on any atom is 0.220 e. The predicted molar refractivity (Wildman–Crippen MR) is 62.9 cm³/mol. The highest BCUT2D eigenvalue weighted by atomic mass is 16.2. The van der Waals surface area contributed by atoms with E-state index in [1.807, 2.05) is 24.3 Å². The Labute approximate surface area is 94.8 Å². The number of nitrogen functional groups attached to an aromatic ring is 1. The van der Waals surface area contributed by atoms with Crippen molar-refractivity contribution < 1.29 is 9.59 Å². The van der Waals surface area contributed by atoms with Crippen molar-refractivity contribution in [3.05, 3.63) is 29.8 Å². The molecule has 0 aliphatic carbocycles. The third-order valence-corrected chi connectivity index (χ3v) is 2.15. The van der Waals surface area contributed by atoms with E-state index in [1.165, 1.54) is 6.92 Å². The minimum absolute atomic E-state index is 0.0409. The molecule has 0 aliphatic rings. The van der Waals surface area contributed by atoms with Crippen LogP contribution in [0.5, 0.6) is 0 Å². The number of nitrogens with two attached hydrogens (primary N) is 1. The van der Waals surface area contributed by atoms with Crippen molar-refractivity contribution in [1.82, 2.24) is 5.32 Å². The number of Topliss-reactive ketones (excluding diaryl/α,β-unsaturated/α-hetero) is 1. The molecule has 0 heterocycles. The van der Waals surface area contributed by atoms with Crippen molar-refractivity contribution >= 4 is 17.4 Å². The third-order valence-electron chi connectivity index (χ3n) is 2.15. The second-order valence-corrected chi connectivity index (χ2v) is 3.72. The van der Waals surface area contributed by atoms with E-state index < -0.39 is 0 Å². The average Bonchev–Trinajstić information content (AvgIpc) is 2.25. The van der Waals surface area contributed by atoms with Gasteiger partial charge in [-0.05, 0) is 31.0 Å². The molecule has 4 nitrogen and oxygen atoms in total. The molecule has 4 heteroatoms. The molecule has 0 spiro atoms. The first-order valence-electron chi connectivity index (χ1n) is 5.18. The van der Waals surface area contributed by atoms with Gasteiger partial charge in [-0.25, -0.2) is 0 Å². The van der Waals surface area contributed by atoms with Crippen molar-refractivity contribution in [3.63, 3.8) is 0 Å². The smallest absolute Gasteiger partial charge is 0.220 e. The summed E-state index contributed by atoms with van der Waals surface area (Å²) >= 11 is 0. The third kappa shape index (κ3) is 4.59. The summed E-state index contributed by atoms with van der Waals surface area (Å²) in [7, 11) is 0. The van der Waals surface area contributed by atoms with E-state index in [4.69, 9.17) is 5.73 Å². The molecule has 0 saturated carbocycles. The average molecular weight is 220 g/mol. The molecule has 0 radical (unpaired) electrons. The van der Waals surface area contributed by atoms with Crippen molar-refractivity contribution in [1.29, 1.82) is 0 Å². The van der Waals surface area contributed by atoms with Gasteiger partial charge in [0.15, 0.2) is 0 Å². The zero-order chi connectivity index (χ0) is 12.0. The molecule has 0 aromatic heterocycles. The number of carbonyl (C=O) groups is 2. The Morgan fingerprint density at radius 2 is 1.88 bits per heavy atom. The molecule has 1 aromatic carbocycles. The lowest BCUT2D eigenvalue weighted by atomic mass is 10.1. The van der Waals surface area contributed by atoms with E-state index in [9.17, 15) is 9.59 Å². The lowest BCUT2D eigenvalue weighted by molar-refractivity contribution is -0.124. The minimum atomic E-state index is -0.105. The van der Waals surface area contributed by atoms with E-state index in [0.717, 1.165) is 5.56 Å². The summed E-state index contributed by atoms with van der Waals surface area (Å²) < 4.78 is 0. The molecule has 0 fully saturated rings. The summed E-state index contributed by atoms with van der Waals surface area (Å²) in [6.07, 6.45) is 1.04. The van der Waals surface area contributed by atoms with Crippen LogP contribution in [-0.2, 0) is 16.0 Å². The number of hydrogen-bond acceptors (Lipinski definition) is 3. The summed E-state index contributed by atoms with van der Waals surface area (Å²) in [4.78, 5) is 21.9. The Balaban J connectivity index is 2.31. The fraction of sp³-hybridized carbons (Fsp3) is 0.333. The Morgan fingerprint density at radius 1 is 1.25 bits per heavy atom. The van der Waals surface area contributed by atoms with Gasteiger partial charge >= 0.3 is 0 Å². The first kappa shape index (κ1) is 12.2. The Bertz CT molecular complexity index is 371. The summed E-state index contributed by atoms with van der Waals surface area (Å²) in [5, 5.41) is 2.55. The molecule has 0 aliphatic heterocycles. The Morgan fingerprint density at radius 3 is 2.44 bits per heavy atom. The van der Waals surface area contributed by atoms with Gasteiger partial charge < -0.3 is 11.1 Å². The second-order valence-electron chi connectivity index (χ2n) is 3.72. The van der Waals surface area contributed by atoms with Crippen LogP contribution >= 0.6 is 0 Å². The number of nitrogens with one attached hydrogen (secondary N) is 1. The number of hydrogen-bond donors (Lipinski definition) is 2. The normalized spacial score (nSPS) is 9.81. The van der Waals surface area contributed by atoms with Crippen LogP contribution in [0.25, 0.3) is 0 Å². The monoisotopic (exact) mass is 220 g/mol. The number of carbonyl (C=O) groups excluding carboxylic acids is 2. The number of rotatable bonds is 5. The number of amides is 1. The molecule has 0 saturated heterocycles. The van der Waals surface area contributed by atoms with Crippen LogP contribution in [0, 0.1) is 0 Å². The van der Waals surface area contributed by atoms with Crippen molar-refractivity contribution in [2.75, 3.05) is 12.3 Å². The van der Waals surface area contributed by atoms with Gasteiger partial charge in [-0.1, -0.05) is 12.1 Å². The predicted octanol–water partition coefficient (Wildman–Crippen LogP) is 0.907. The van der Waals surface area contributed by atoms with Crippen LogP contribution in [0.4, 0.5) is 5.69 Å². The largest absolute Gasteiger partial charge is 0.399 e. The minimum Gasteiger partial charge on any atom is -0.399 e. The van der Waals surface area contributed by atoms with E-state index in [1.54, 1.807) is 0 Å². The standard InChI is InChI=1S/C12H16N2O2/c1-9(15)8-14-12(16)7-4-10-2-5-11(13)6-3-10/h2-3,5-6H,4,7-8,13H2,1H3,(H,14,16). The van der Waals surface area contributed by atoms with Crippen LogP contribution in [0.1, 0.15) is 18.9 Å². The van der Waals surface area contributed by atoms with Gasteiger partial charge in [-0.3, -0.25) is 9.59 Å². The highest BCUT2D eigenvalue weighted by Gasteiger charge is 2.02. The molecule has 16 heavy (non-hydrogen) atoms. The van der Waals surface area contributed by atoms with Crippen molar-refractivity contribution in [2.45, 2.75) is 19.8 Å². The lowest BCUT2D eigenvalue weighted by Gasteiger charge is -2.03. The van der Waals surface area contributed by atoms with Crippen LogP contribution in [0.15, 0.2) is 24.3 Å². The highest BCUT2D eigenvalue weighted by Crippen LogP contribution is 2.07. The lowest BCUT2D eigenvalue weighted by Crippen LogP contribution is -2.28. The van der Waals surface area contributed by atoms with Gasteiger partial charge in [-0.15, -0.1) is 0 Å². The van der Waals surface area contributed by atoms with Crippen molar-refractivity contribution in [3.8, 4) is 0 Å². The van der Waals surface area contributed by atoms with Gasteiger partial charge in [0.25, 0.3) is 0 Å². The number of ketones is 1. The Hall–Kier alpha value is -1.84. The first-order chi connectivity index (χ1) is 7.58. The fourth-order valence-corrected chi connectivity index (χ4v) is 1.25. The van der Waals surface area contributed by atoms with E-state index in [2.05, 4.69) is 5.32 Å². The SMILES string of the molecule is CC(=O)CNC(=O)CCc1ccc(N)cc1. The summed E-state index contributed by atoms with van der Waals surface area (Å²) in [5.74, 6) is -0.146. The van der Waals surface area contributed by atoms with Gasteiger partial charge in [0.2, 0.25) is 5.91 Å². The maximum absolute atomic E-state index is 11.3. The van der Waals surface area contributed by atoms with Gasteiger partial charge in [-0.2, -0.15) is 0 Å². The van der Waals surface area contributed by atoms with E-state index in [-0.39, 0.29) is 18.2 Å². The summed E-state index contributed by atoms with van der Waals surface area (Å²) in [6, 6.07) is 7.41. The highest BCUT2D eigenvalue weighted by molar-refractivity contribution is 5.84. The molecular formula is C12H16N2O2. The molecule has 1 aromatic rings. The molecule has 86 valence electrons. The molecule has 1 amide bonds. The quantitative estimate of drug-likeness (QED) is 0.724. The molecular weight excluding hydrogens is 204 g/mol. The number of aryl methyl sites for hydroxylation is 1. The van der Waals surface area contributed by atoms with Crippen LogP contribution in [0.2, 0.25) is 0 Å². The second kappa shape index (κ2) is 5.90. The first-order valence-corrected chi connectivity index (χ1v) is 5.18. The molecule has 1 rings (SSSR count). The van der Waals surface area contributed by atoms with Crippen molar-refractivity contribution in [2.24, 2.45) is 0 Å². The molecule has 0 atom stereocenters. The van der Waals surface area contributed by atoms with Crippen LogP contribution in [-0.4, -0.2) is 18.2 Å². The zero-order valence-corrected chi connectivity index (χ0v) is 9.32. The number of benzene rings is 1. The fourth-order valence-electron chi connectivity index (χ4n) is 1.25. The van der Waals surface area contributed by atoms with E-state index in [0.29, 0.717) is 18.5 Å². The Kier molecular flexibility index (Phi) is 4.51. The zero-order valence-electron chi connectivity index (χ0n) is 9.32. The van der Waals surface area contributed by atoms with Gasteiger partial charge in [0, 0.05) is 12.1 Å². The summed E-state index contributed by atoms with van der Waals surface area (Å²) in [5.41, 5.74) is 7.32. The van der Waals surface area contributed by atoms with Gasteiger partial charge in [0.1, 0.15) is 5.78 Å². The van der Waals surface area contributed by atoms with E-state index >= 15 is 0 Å². The summed E-state index contributed by atoms with van der Waals surface area (Å²) in [6.45, 7) is 1.56. The van der Waals surface area contributed by atoms with Gasteiger partial charge in [0.05, 0.1) is 6.54 Å². The van der Waals surface area contributed by atoms with Crippen LogP contribution < -0.4 is 11.1 Å². The molecule has 3 N–H and O–H groups in total. The molecule has 0 unspecified atom stereocenters. The number of anilines is 1.